The standard InChI is InChI=1S/C30H33N5O5S/c1-5-32-24-15-13-22(21-31)19-26(24)34(7-3)28(32)11-9-12-29-33(6-2)25-16-14-23(30(36)40-8-4)20-27(25)35(29)17-10-18-41(37,38)39/h9-16,18-20H,5-8,17H2,1-4H3/p+1/b18-10-. The molecule has 0 amide bonds. The van der Waals surface area contributed by atoms with Crippen LogP contribution in [0.3, 0.4) is 0 Å². The lowest BCUT2D eigenvalue weighted by Crippen LogP contribution is -2.35. The van der Waals surface area contributed by atoms with Crippen molar-refractivity contribution < 1.29 is 27.1 Å². The van der Waals surface area contributed by atoms with Gasteiger partial charge in [-0.2, -0.15) is 13.7 Å². The molecule has 1 aliphatic heterocycles. The highest BCUT2D eigenvalue weighted by atomic mass is 32.2. The first kappa shape index (κ1) is 29.6. The fraction of sp³-hybridized carbons (Fsp3) is 0.300. The first-order valence-electron chi connectivity index (χ1n) is 13.5. The number of fused-ring (bicyclic) bond motifs is 2. The molecule has 0 radical (unpaired) electrons. The summed E-state index contributed by atoms with van der Waals surface area (Å²) in [6.07, 6.45) is 7.25. The fourth-order valence-electron chi connectivity index (χ4n) is 5.17. The largest absolute Gasteiger partial charge is 0.462 e. The fourth-order valence-corrected chi connectivity index (χ4v) is 5.50. The van der Waals surface area contributed by atoms with Gasteiger partial charge in [0.25, 0.3) is 15.9 Å². The zero-order chi connectivity index (χ0) is 29.7. The predicted molar refractivity (Wildman–Crippen MR) is 159 cm³/mol. The van der Waals surface area contributed by atoms with Crippen molar-refractivity contribution in [1.29, 1.82) is 5.26 Å². The molecule has 11 heteroatoms. The molecule has 0 spiro atoms. The third kappa shape index (κ3) is 6.04. The van der Waals surface area contributed by atoms with E-state index in [2.05, 4.69) is 34.3 Å². The highest BCUT2D eigenvalue weighted by molar-refractivity contribution is 7.88. The van der Waals surface area contributed by atoms with Crippen LogP contribution in [0.5, 0.6) is 0 Å². The molecule has 1 aromatic heterocycles. The lowest BCUT2D eigenvalue weighted by Gasteiger charge is -2.23. The average molecular weight is 577 g/mol. The molecule has 0 bridgehead atoms. The molecule has 0 saturated heterocycles. The number of benzene rings is 2. The van der Waals surface area contributed by atoms with Crippen LogP contribution >= 0.6 is 0 Å². The Hall–Kier alpha value is -4.40. The molecule has 1 N–H and O–H groups in total. The molecular formula is C30H34N5O5S+. The lowest BCUT2D eigenvalue weighted by atomic mass is 10.2. The Labute approximate surface area is 240 Å². The number of rotatable bonds is 10. The lowest BCUT2D eigenvalue weighted by molar-refractivity contribution is -0.670. The smallest absolute Gasteiger partial charge is 0.338 e. The number of hydrogen-bond donors (Lipinski definition) is 1. The number of carbonyl (C=O) groups is 1. The van der Waals surface area contributed by atoms with Crippen LogP contribution in [0.15, 0.2) is 65.9 Å². The molecule has 2 heterocycles. The summed E-state index contributed by atoms with van der Waals surface area (Å²) in [4.78, 5) is 16.8. The first-order chi connectivity index (χ1) is 19.7. The monoisotopic (exact) mass is 576 g/mol. The van der Waals surface area contributed by atoms with Crippen molar-refractivity contribution in [2.24, 2.45) is 0 Å². The van der Waals surface area contributed by atoms with Gasteiger partial charge in [-0.15, -0.1) is 0 Å². The molecular weight excluding hydrogens is 542 g/mol. The Balaban J connectivity index is 1.83. The zero-order valence-electron chi connectivity index (χ0n) is 23.6. The van der Waals surface area contributed by atoms with Crippen LogP contribution in [0.1, 0.15) is 49.4 Å². The summed E-state index contributed by atoms with van der Waals surface area (Å²) in [7, 11) is -4.30. The maximum Gasteiger partial charge on any atom is 0.338 e. The maximum absolute atomic E-state index is 12.5. The first-order valence-corrected chi connectivity index (χ1v) is 15.0. The molecule has 0 saturated carbocycles. The number of hydrogen-bond acceptors (Lipinski definition) is 7. The van der Waals surface area contributed by atoms with Gasteiger partial charge in [0.1, 0.15) is 12.4 Å². The van der Waals surface area contributed by atoms with Crippen LogP contribution < -0.4 is 14.4 Å². The van der Waals surface area contributed by atoms with Crippen LogP contribution in [-0.2, 0) is 27.9 Å². The summed E-state index contributed by atoms with van der Waals surface area (Å²) < 4.78 is 41.1. The minimum atomic E-state index is -4.30. The highest BCUT2D eigenvalue weighted by Crippen LogP contribution is 2.41. The van der Waals surface area contributed by atoms with Crippen molar-refractivity contribution in [2.75, 3.05) is 29.5 Å². The summed E-state index contributed by atoms with van der Waals surface area (Å²) in [6.45, 7) is 10.3. The second kappa shape index (κ2) is 12.4. The highest BCUT2D eigenvalue weighted by Gasteiger charge is 2.29. The minimum Gasteiger partial charge on any atom is -0.462 e. The molecule has 214 valence electrons. The SMILES string of the molecule is CCOC(=O)c1ccc2c(c1)n(C/C=C\S(=O)(=O)O)c(/C=C/C=C1\N(CC)c3ccc(C#N)cc3N1CC)[n+]2CC. The van der Waals surface area contributed by atoms with Crippen LogP contribution in [0.4, 0.5) is 11.4 Å². The van der Waals surface area contributed by atoms with Crippen molar-refractivity contribution in [3.05, 3.63) is 82.8 Å². The van der Waals surface area contributed by atoms with Gasteiger partial charge in [-0.25, -0.2) is 13.9 Å². The zero-order valence-corrected chi connectivity index (χ0v) is 24.4. The molecule has 0 unspecified atom stereocenters. The van der Waals surface area contributed by atoms with Gasteiger partial charge in [-0.3, -0.25) is 4.55 Å². The third-order valence-corrected chi connectivity index (χ3v) is 7.39. The van der Waals surface area contributed by atoms with E-state index in [1.54, 1.807) is 19.1 Å². The van der Waals surface area contributed by atoms with Gasteiger partial charge >= 0.3 is 5.97 Å². The van der Waals surface area contributed by atoms with Gasteiger partial charge in [0.05, 0.1) is 47.1 Å². The van der Waals surface area contributed by atoms with E-state index in [0.717, 1.165) is 40.5 Å². The van der Waals surface area contributed by atoms with Crippen LogP contribution in [-0.4, -0.2) is 43.2 Å². The van der Waals surface area contributed by atoms with Gasteiger partial charge in [0.2, 0.25) is 0 Å². The average Bonchev–Trinajstić information content (AvgIpc) is 3.42. The summed E-state index contributed by atoms with van der Waals surface area (Å²) in [6, 6.07) is 13.2. The summed E-state index contributed by atoms with van der Waals surface area (Å²) in [5, 5.41) is 10.2. The van der Waals surface area contributed by atoms with E-state index in [0.29, 0.717) is 29.7 Å². The number of imidazole rings is 1. The number of esters is 1. The van der Waals surface area contributed by atoms with Crippen molar-refractivity contribution in [1.82, 2.24) is 4.57 Å². The minimum absolute atomic E-state index is 0.135. The summed E-state index contributed by atoms with van der Waals surface area (Å²) in [5.41, 5.74) is 4.57. The van der Waals surface area contributed by atoms with E-state index < -0.39 is 16.1 Å². The number of allylic oxidation sites excluding steroid dienone is 3. The Bertz CT molecular complexity index is 1710. The molecule has 1 aliphatic rings. The van der Waals surface area contributed by atoms with E-state index in [1.165, 1.54) is 6.08 Å². The van der Waals surface area contributed by atoms with Crippen molar-refractivity contribution in [3.8, 4) is 6.07 Å². The van der Waals surface area contributed by atoms with Crippen molar-refractivity contribution >= 4 is 44.6 Å². The number of anilines is 2. The van der Waals surface area contributed by atoms with Gasteiger partial charge in [-0.1, -0.05) is 6.08 Å². The van der Waals surface area contributed by atoms with Gasteiger partial charge < -0.3 is 14.5 Å². The summed E-state index contributed by atoms with van der Waals surface area (Å²) >= 11 is 0. The second-order valence-corrected chi connectivity index (χ2v) is 10.5. The number of carbonyl (C=O) groups excluding carboxylic acids is 1. The molecule has 2 aromatic carbocycles. The van der Waals surface area contributed by atoms with Crippen molar-refractivity contribution in [3.63, 3.8) is 0 Å². The molecule has 0 aliphatic carbocycles. The number of aromatic nitrogens is 2. The Morgan fingerprint density at radius 3 is 2.44 bits per heavy atom. The van der Waals surface area contributed by atoms with Crippen LogP contribution in [0.2, 0.25) is 0 Å². The number of ether oxygens (including phenoxy) is 1. The van der Waals surface area contributed by atoms with Crippen molar-refractivity contribution in [2.45, 2.75) is 40.8 Å². The van der Waals surface area contributed by atoms with Gasteiger partial charge in [-0.05, 0) is 70.2 Å². The Morgan fingerprint density at radius 2 is 1.80 bits per heavy atom. The van der Waals surface area contributed by atoms with E-state index in [1.807, 2.05) is 54.0 Å². The van der Waals surface area contributed by atoms with E-state index >= 15 is 0 Å². The van der Waals surface area contributed by atoms with Gasteiger partial charge in [0, 0.05) is 25.2 Å². The van der Waals surface area contributed by atoms with E-state index in [-0.39, 0.29) is 13.2 Å². The molecule has 0 fully saturated rings. The van der Waals surface area contributed by atoms with E-state index in [9.17, 15) is 23.0 Å². The maximum atomic E-state index is 12.5. The molecule has 41 heavy (non-hydrogen) atoms. The van der Waals surface area contributed by atoms with Gasteiger partial charge in [0.15, 0.2) is 11.0 Å². The van der Waals surface area contributed by atoms with Crippen LogP contribution in [0.25, 0.3) is 17.1 Å². The Kier molecular flexibility index (Phi) is 8.95. The topological polar surface area (TPSA) is 120 Å². The number of nitriles is 1. The quantitative estimate of drug-likeness (QED) is 0.211. The normalized spacial score (nSPS) is 14.5. The molecule has 0 atom stereocenters. The molecule has 10 nitrogen and oxygen atoms in total. The summed E-state index contributed by atoms with van der Waals surface area (Å²) in [5.74, 6) is 1.30. The molecule has 3 aromatic rings. The van der Waals surface area contributed by atoms with E-state index in [4.69, 9.17) is 4.74 Å². The third-order valence-electron chi connectivity index (χ3n) is 6.86. The number of nitrogens with zero attached hydrogens (tertiary/aromatic N) is 5. The van der Waals surface area contributed by atoms with Crippen LogP contribution in [0, 0.1) is 11.3 Å². The predicted octanol–water partition coefficient (Wildman–Crippen LogP) is 4.62. The second-order valence-electron chi connectivity index (χ2n) is 9.21. The Morgan fingerprint density at radius 1 is 1.07 bits per heavy atom. The number of aryl methyl sites for hydroxylation is 1. The molecule has 4 rings (SSSR count).